The van der Waals surface area contributed by atoms with Gasteiger partial charge in [0.15, 0.2) is 0 Å². The third-order valence-corrected chi connectivity index (χ3v) is 4.78. The molecule has 1 heterocycles. The Morgan fingerprint density at radius 3 is 2.54 bits per heavy atom. The summed E-state index contributed by atoms with van der Waals surface area (Å²) in [7, 11) is 0. The molecule has 0 saturated carbocycles. The quantitative estimate of drug-likeness (QED) is 0.550. The Bertz CT molecular complexity index is 916. The molecular formula is C22H21N3S. The van der Waals surface area contributed by atoms with Crippen LogP contribution in [0.4, 0.5) is 5.69 Å². The molecule has 1 N–H and O–H groups in total. The van der Waals surface area contributed by atoms with Gasteiger partial charge in [-0.1, -0.05) is 56.3 Å². The zero-order valence-electron chi connectivity index (χ0n) is 14.9. The average molecular weight is 359 g/mol. The minimum Gasteiger partial charge on any atom is -0.360 e. The SMILES string of the molecule is CC(C)Cc1ccc(-c2csc(/C(C#N)=C\Nc3ccccc3)n2)cc1. The van der Waals surface area contributed by atoms with Crippen molar-refractivity contribution in [3.05, 3.63) is 76.7 Å². The normalized spacial score (nSPS) is 11.4. The fraction of sp³-hybridized carbons (Fsp3) is 0.182. The number of para-hydroxylation sites is 1. The molecule has 3 aromatic rings. The van der Waals surface area contributed by atoms with Crippen molar-refractivity contribution in [2.45, 2.75) is 20.3 Å². The van der Waals surface area contributed by atoms with Gasteiger partial charge in [-0.3, -0.25) is 0 Å². The third-order valence-electron chi connectivity index (χ3n) is 3.91. The average Bonchev–Trinajstić information content (AvgIpc) is 3.13. The van der Waals surface area contributed by atoms with E-state index in [1.54, 1.807) is 6.20 Å². The van der Waals surface area contributed by atoms with Crippen LogP contribution in [0.3, 0.4) is 0 Å². The number of nitrogens with one attached hydrogen (secondary N) is 1. The maximum atomic E-state index is 9.47. The van der Waals surface area contributed by atoms with Crippen LogP contribution in [-0.4, -0.2) is 4.98 Å². The number of aromatic nitrogens is 1. The van der Waals surface area contributed by atoms with E-state index in [4.69, 9.17) is 0 Å². The maximum absolute atomic E-state index is 9.47. The van der Waals surface area contributed by atoms with Gasteiger partial charge in [-0.15, -0.1) is 11.3 Å². The summed E-state index contributed by atoms with van der Waals surface area (Å²) < 4.78 is 0. The number of nitrogens with zero attached hydrogens (tertiary/aromatic N) is 2. The molecule has 4 heteroatoms. The van der Waals surface area contributed by atoms with Gasteiger partial charge < -0.3 is 5.32 Å². The van der Waals surface area contributed by atoms with Crippen LogP contribution < -0.4 is 5.32 Å². The molecule has 0 amide bonds. The van der Waals surface area contributed by atoms with Gasteiger partial charge in [0.2, 0.25) is 0 Å². The second-order valence-corrected chi connectivity index (χ2v) is 7.37. The van der Waals surface area contributed by atoms with Crippen LogP contribution in [0, 0.1) is 17.2 Å². The van der Waals surface area contributed by atoms with Crippen LogP contribution >= 0.6 is 11.3 Å². The summed E-state index contributed by atoms with van der Waals surface area (Å²) in [5, 5.41) is 15.3. The summed E-state index contributed by atoms with van der Waals surface area (Å²) in [6, 6.07) is 20.5. The van der Waals surface area contributed by atoms with Crippen LogP contribution in [0.2, 0.25) is 0 Å². The van der Waals surface area contributed by atoms with Gasteiger partial charge in [-0.25, -0.2) is 4.98 Å². The monoisotopic (exact) mass is 359 g/mol. The number of anilines is 1. The number of allylic oxidation sites excluding steroid dienone is 1. The number of hydrogen-bond acceptors (Lipinski definition) is 4. The van der Waals surface area contributed by atoms with E-state index in [1.165, 1.54) is 16.9 Å². The zero-order chi connectivity index (χ0) is 18.4. The largest absolute Gasteiger partial charge is 0.360 e. The molecule has 3 rings (SSSR count). The minimum absolute atomic E-state index is 0.529. The Kier molecular flexibility index (Phi) is 5.83. The summed E-state index contributed by atoms with van der Waals surface area (Å²) in [5.74, 6) is 0.646. The first-order chi connectivity index (χ1) is 12.7. The van der Waals surface area contributed by atoms with Gasteiger partial charge in [-0.2, -0.15) is 5.26 Å². The second-order valence-electron chi connectivity index (χ2n) is 6.51. The molecule has 0 fully saturated rings. The molecule has 26 heavy (non-hydrogen) atoms. The summed E-state index contributed by atoms with van der Waals surface area (Å²) in [4.78, 5) is 4.64. The number of rotatable bonds is 6. The van der Waals surface area contributed by atoms with Gasteiger partial charge in [0.25, 0.3) is 0 Å². The van der Waals surface area contributed by atoms with Gasteiger partial charge in [-0.05, 0) is 30.0 Å². The van der Waals surface area contributed by atoms with Crippen molar-refractivity contribution in [1.82, 2.24) is 4.98 Å². The molecule has 0 atom stereocenters. The topological polar surface area (TPSA) is 48.7 Å². The fourth-order valence-electron chi connectivity index (χ4n) is 2.64. The van der Waals surface area contributed by atoms with Gasteiger partial charge in [0, 0.05) is 22.8 Å². The summed E-state index contributed by atoms with van der Waals surface area (Å²) in [5.41, 5.74) is 4.79. The van der Waals surface area contributed by atoms with E-state index >= 15 is 0 Å². The van der Waals surface area contributed by atoms with Crippen molar-refractivity contribution in [2.24, 2.45) is 5.92 Å². The number of hydrogen-bond donors (Lipinski definition) is 1. The molecular weight excluding hydrogens is 338 g/mol. The molecule has 2 aromatic carbocycles. The molecule has 0 radical (unpaired) electrons. The number of nitriles is 1. The molecule has 0 aliphatic heterocycles. The zero-order valence-corrected chi connectivity index (χ0v) is 15.8. The van der Waals surface area contributed by atoms with E-state index in [2.05, 4.69) is 54.5 Å². The first kappa shape index (κ1) is 17.9. The highest BCUT2D eigenvalue weighted by Crippen LogP contribution is 2.26. The lowest BCUT2D eigenvalue weighted by molar-refractivity contribution is 0.647. The van der Waals surface area contributed by atoms with Crippen molar-refractivity contribution in [3.8, 4) is 17.3 Å². The third kappa shape index (κ3) is 4.59. The number of thiazole rings is 1. The molecule has 0 bridgehead atoms. The molecule has 0 aliphatic rings. The molecule has 3 nitrogen and oxygen atoms in total. The molecule has 0 unspecified atom stereocenters. The standard InChI is InChI=1S/C22H21N3S/c1-16(2)12-17-8-10-18(11-9-17)21-15-26-22(25-21)19(13-23)14-24-20-6-4-3-5-7-20/h3-11,14-16,24H,12H2,1-2H3/b19-14-. The van der Waals surface area contributed by atoms with Crippen molar-refractivity contribution in [2.75, 3.05) is 5.32 Å². The van der Waals surface area contributed by atoms with Gasteiger partial charge in [0.1, 0.15) is 16.6 Å². The lowest BCUT2D eigenvalue weighted by Gasteiger charge is -2.05. The first-order valence-corrected chi connectivity index (χ1v) is 9.50. The van der Waals surface area contributed by atoms with Crippen molar-refractivity contribution >= 4 is 22.6 Å². The van der Waals surface area contributed by atoms with Crippen LogP contribution in [0.1, 0.15) is 24.4 Å². The Labute approximate surface area is 158 Å². The van der Waals surface area contributed by atoms with Crippen LogP contribution in [-0.2, 0) is 6.42 Å². The predicted octanol–water partition coefficient (Wildman–Crippen LogP) is 5.99. The van der Waals surface area contributed by atoms with E-state index in [1.807, 2.05) is 35.7 Å². The van der Waals surface area contributed by atoms with Crippen molar-refractivity contribution < 1.29 is 0 Å². The maximum Gasteiger partial charge on any atom is 0.136 e. The molecule has 0 aliphatic carbocycles. The Hall–Kier alpha value is -2.90. The minimum atomic E-state index is 0.529. The summed E-state index contributed by atoms with van der Waals surface area (Å²) in [6.07, 6.45) is 2.79. The highest BCUT2D eigenvalue weighted by atomic mass is 32.1. The molecule has 130 valence electrons. The molecule has 0 spiro atoms. The van der Waals surface area contributed by atoms with E-state index in [-0.39, 0.29) is 0 Å². The summed E-state index contributed by atoms with van der Waals surface area (Å²) >= 11 is 1.49. The Morgan fingerprint density at radius 1 is 1.15 bits per heavy atom. The van der Waals surface area contributed by atoms with Gasteiger partial charge in [0.05, 0.1) is 5.69 Å². The highest BCUT2D eigenvalue weighted by molar-refractivity contribution is 7.11. The lowest BCUT2D eigenvalue weighted by Crippen LogP contribution is -1.93. The van der Waals surface area contributed by atoms with Crippen LogP contribution in [0.15, 0.2) is 66.2 Å². The van der Waals surface area contributed by atoms with Crippen molar-refractivity contribution in [3.63, 3.8) is 0 Å². The Morgan fingerprint density at radius 2 is 1.88 bits per heavy atom. The van der Waals surface area contributed by atoms with E-state index in [0.29, 0.717) is 11.5 Å². The summed E-state index contributed by atoms with van der Waals surface area (Å²) in [6.45, 7) is 4.44. The van der Waals surface area contributed by atoms with E-state index in [0.717, 1.165) is 28.4 Å². The highest BCUT2D eigenvalue weighted by Gasteiger charge is 2.09. The Balaban J connectivity index is 1.76. The predicted molar refractivity (Wildman–Crippen MR) is 110 cm³/mol. The molecule has 1 aromatic heterocycles. The van der Waals surface area contributed by atoms with Crippen LogP contribution in [0.25, 0.3) is 16.8 Å². The second kappa shape index (κ2) is 8.46. The van der Waals surface area contributed by atoms with Crippen LogP contribution in [0.5, 0.6) is 0 Å². The number of benzene rings is 2. The molecule has 0 saturated heterocycles. The fourth-order valence-corrected chi connectivity index (χ4v) is 3.44. The van der Waals surface area contributed by atoms with E-state index in [9.17, 15) is 5.26 Å². The lowest BCUT2D eigenvalue weighted by atomic mass is 10.0. The first-order valence-electron chi connectivity index (χ1n) is 8.63. The smallest absolute Gasteiger partial charge is 0.136 e. The van der Waals surface area contributed by atoms with E-state index < -0.39 is 0 Å². The van der Waals surface area contributed by atoms with Gasteiger partial charge >= 0.3 is 0 Å². The van der Waals surface area contributed by atoms with Crippen molar-refractivity contribution in [1.29, 1.82) is 5.26 Å².